The van der Waals surface area contributed by atoms with Crippen LogP contribution in [0.3, 0.4) is 0 Å². The van der Waals surface area contributed by atoms with Crippen molar-refractivity contribution < 1.29 is 9.53 Å². The minimum atomic E-state index is -0.0169. The molecule has 3 nitrogen and oxygen atoms in total. The van der Waals surface area contributed by atoms with Gasteiger partial charge in [-0.2, -0.15) is 0 Å². The number of carbonyl (C=O) groups is 1. The average Bonchev–Trinajstić information content (AvgIpc) is 2.26. The summed E-state index contributed by atoms with van der Waals surface area (Å²) in [4.78, 5) is 14.3. The fourth-order valence-corrected chi connectivity index (χ4v) is 3.87. The van der Waals surface area contributed by atoms with Gasteiger partial charge in [-0.3, -0.25) is 9.69 Å². The van der Waals surface area contributed by atoms with Gasteiger partial charge in [-0.15, -0.1) is 0 Å². The Bertz CT molecular complexity index is 308. The van der Waals surface area contributed by atoms with E-state index in [2.05, 4.69) is 25.7 Å². The fourth-order valence-electron chi connectivity index (χ4n) is 3.87. The molecule has 2 atom stereocenters. The van der Waals surface area contributed by atoms with Crippen LogP contribution in [0.5, 0.6) is 0 Å². The normalized spacial score (nSPS) is 31.9. The highest BCUT2D eigenvalue weighted by molar-refractivity contribution is 5.71. The lowest BCUT2D eigenvalue weighted by Crippen LogP contribution is -2.39. The van der Waals surface area contributed by atoms with Gasteiger partial charge in [0.1, 0.15) is 6.10 Å². The zero-order valence-corrected chi connectivity index (χ0v) is 12.8. The van der Waals surface area contributed by atoms with E-state index in [4.69, 9.17) is 4.74 Å². The van der Waals surface area contributed by atoms with Crippen molar-refractivity contribution in [1.82, 2.24) is 4.90 Å². The summed E-state index contributed by atoms with van der Waals surface area (Å²) in [5.41, 5.74) is 0.313. The summed E-state index contributed by atoms with van der Waals surface area (Å²) in [6.07, 6.45) is 7.18. The summed E-state index contributed by atoms with van der Waals surface area (Å²) in [5.74, 6) is 0.647. The predicted molar refractivity (Wildman–Crippen MR) is 77.0 cm³/mol. The van der Waals surface area contributed by atoms with Gasteiger partial charge in [-0.25, -0.2) is 0 Å². The number of likely N-dealkylation sites (tertiary alicyclic amines) is 1. The molecule has 1 saturated carbocycles. The first-order valence-electron chi connectivity index (χ1n) is 7.86. The van der Waals surface area contributed by atoms with Crippen LogP contribution in [-0.4, -0.2) is 36.6 Å². The maximum Gasteiger partial charge on any atom is 0.320 e. The van der Waals surface area contributed by atoms with E-state index in [1.807, 2.05) is 0 Å². The van der Waals surface area contributed by atoms with Crippen molar-refractivity contribution in [2.75, 3.05) is 19.6 Å². The summed E-state index contributed by atoms with van der Waals surface area (Å²) in [6.45, 7) is 9.45. The van der Waals surface area contributed by atoms with Gasteiger partial charge in [-0.1, -0.05) is 27.2 Å². The lowest BCUT2D eigenvalue weighted by atomic mass is 9.71. The monoisotopic (exact) mass is 267 g/mol. The summed E-state index contributed by atoms with van der Waals surface area (Å²) < 4.78 is 5.72. The van der Waals surface area contributed by atoms with Gasteiger partial charge in [-0.05, 0) is 56.5 Å². The SMILES string of the molecule is C[C@H]1C[C@@H](OC(=O)CN2CCCCC2)CC(C)(C)C1. The third-order valence-corrected chi connectivity index (χ3v) is 4.45. The quantitative estimate of drug-likeness (QED) is 0.735. The highest BCUT2D eigenvalue weighted by Crippen LogP contribution is 2.39. The van der Waals surface area contributed by atoms with Crippen molar-refractivity contribution >= 4 is 5.97 Å². The first kappa shape index (κ1) is 14.8. The van der Waals surface area contributed by atoms with Crippen molar-refractivity contribution in [3.63, 3.8) is 0 Å². The Morgan fingerprint density at radius 1 is 1.21 bits per heavy atom. The lowest BCUT2D eigenvalue weighted by Gasteiger charge is -2.38. The maximum absolute atomic E-state index is 12.0. The molecule has 1 aliphatic carbocycles. The van der Waals surface area contributed by atoms with Crippen molar-refractivity contribution in [1.29, 1.82) is 0 Å². The van der Waals surface area contributed by atoms with Gasteiger partial charge in [0.25, 0.3) is 0 Å². The van der Waals surface area contributed by atoms with E-state index in [9.17, 15) is 4.79 Å². The van der Waals surface area contributed by atoms with Crippen LogP contribution < -0.4 is 0 Å². The number of nitrogens with zero attached hydrogens (tertiary/aromatic N) is 1. The highest BCUT2D eigenvalue weighted by Gasteiger charge is 2.34. The number of ether oxygens (including phenoxy) is 1. The number of carbonyl (C=O) groups excluding carboxylic acids is 1. The van der Waals surface area contributed by atoms with Crippen LogP contribution in [-0.2, 0) is 9.53 Å². The Morgan fingerprint density at radius 3 is 2.53 bits per heavy atom. The molecule has 0 bridgehead atoms. The molecule has 0 spiro atoms. The molecular formula is C16H29NO2. The van der Waals surface area contributed by atoms with E-state index in [0.29, 0.717) is 17.9 Å². The molecule has 0 aromatic carbocycles. The Kier molecular flexibility index (Phi) is 4.88. The molecule has 3 heteroatoms. The van der Waals surface area contributed by atoms with Gasteiger partial charge in [0, 0.05) is 0 Å². The van der Waals surface area contributed by atoms with Crippen LogP contribution in [0.25, 0.3) is 0 Å². The molecular weight excluding hydrogens is 238 g/mol. The molecule has 2 rings (SSSR count). The van der Waals surface area contributed by atoms with E-state index in [1.54, 1.807) is 0 Å². The van der Waals surface area contributed by atoms with E-state index in [1.165, 1.54) is 25.7 Å². The van der Waals surface area contributed by atoms with Crippen LogP contribution in [0, 0.1) is 11.3 Å². The van der Waals surface area contributed by atoms with Gasteiger partial charge in [0.15, 0.2) is 0 Å². The Hall–Kier alpha value is -0.570. The van der Waals surface area contributed by atoms with E-state index < -0.39 is 0 Å². The topological polar surface area (TPSA) is 29.5 Å². The van der Waals surface area contributed by atoms with Crippen LogP contribution in [0.4, 0.5) is 0 Å². The summed E-state index contributed by atoms with van der Waals surface area (Å²) in [5, 5.41) is 0. The number of rotatable bonds is 3. The standard InChI is InChI=1S/C16H29NO2/c1-13-9-14(11-16(2,3)10-13)19-15(18)12-17-7-5-4-6-8-17/h13-14H,4-12H2,1-3H3/t13-,14+/m0/s1. The molecule has 0 radical (unpaired) electrons. The molecule has 2 fully saturated rings. The summed E-state index contributed by atoms with van der Waals surface area (Å²) in [6, 6.07) is 0. The second-order valence-electron chi connectivity index (χ2n) is 7.36. The molecule has 0 aromatic heterocycles. The third kappa shape index (κ3) is 4.79. The molecule has 1 heterocycles. The molecule has 0 aromatic rings. The number of hydrogen-bond donors (Lipinski definition) is 0. The first-order valence-corrected chi connectivity index (χ1v) is 7.86. The second-order valence-corrected chi connectivity index (χ2v) is 7.36. The van der Waals surface area contributed by atoms with Gasteiger partial charge >= 0.3 is 5.97 Å². The molecule has 110 valence electrons. The third-order valence-electron chi connectivity index (χ3n) is 4.45. The molecule has 1 aliphatic heterocycles. The Morgan fingerprint density at radius 2 is 1.89 bits per heavy atom. The smallest absolute Gasteiger partial charge is 0.320 e. The van der Waals surface area contributed by atoms with Gasteiger partial charge < -0.3 is 4.74 Å². The van der Waals surface area contributed by atoms with Crippen LogP contribution >= 0.6 is 0 Å². The van der Waals surface area contributed by atoms with E-state index in [0.717, 1.165) is 25.9 Å². The lowest BCUT2D eigenvalue weighted by molar-refractivity contribution is -0.154. The van der Waals surface area contributed by atoms with E-state index in [-0.39, 0.29) is 12.1 Å². The molecule has 2 aliphatic rings. The number of hydrogen-bond acceptors (Lipinski definition) is 3. The Balaban J connectivity index is 1.78. The Labute approximate surface area is 117 Å². The minimum absolute atomic E-state index is 0.0169. The van der Waals surface area contributed by atoms with Crippen molar-refractivity contribution in [3.05, 3.63) is 0 Å². The fraction of sp³-hybridized carbons (Fsp3) is 0.938. The number of piperidine rings is 1. The van der Waals surface area contributed by atoms with E-state index >= 15 is 0 Å². The van der Waals surface area contributed by atoms with Crippen LogP contribution in [0.2, 0.25) is 0 Å². The predicted octanol–water partition coefficient (Wildman–Crippen LogP) is 3.23. The summed E-state index contributed by atoms with van der Waals surface area (Å²) >= 11 is 0. The second kappa shape index (κ2) is 6.25. The molecule has 0 unspecified atom stereocenters. The van der Waals surface area contributed by atoms with Crippen LogP contribution in [0.1, 0.15) is 59.3 Å². The van der Waals surface area contributed by atoms with Crippen molar-refractivity contribution in [3.8, 4) is 0 Å². The maximum atomic E-state index is 12.0. The minimum Gasteiger partial charge on any atom is -0.461 e. The van der Waals surface area contributed by atoms with Crippen molar-refractivity contribution in [2.24, 2.45) is 11.3 Å². The molecule has 19 heavy (non-hydrogen) atoms. The zero-order valence-electron chi connectivity index (χ0n) is 12.8. The molecule has 0 N–H and O–H groups in total. The largest absolute Gasteiger partial charge is 0.461 e. The average molecular weight is 267 g/mol. The number of esters is 1. The van der Waals surface area contributed by atoms with Gasteiger partial charge in [0.05, 0.1) is 6.54 Å². The van der Waals surface area contributed by atoms with Crippen molar-refractivity contribution in [2.45, 2.75) is 65.4 Å². The molecule has 1 saturated heterocycles. The van der Waals surface area contributed by atoms with Gasteiger partial charge in [0.2, 0.25) is 0 Å². The first-order chi connectivity index (χ1) is 8.94. The summed E-state index contributed by atoms with van der Waals surface area (Å²) in [7, 11) is 0. The zero-order chi connectivity index (χ0) is 13.9. The molecule has 0 amide bonds. The highest BCUT2D eigenvalue weighted by atomic mass is 16.5. The van der Waals surface area contributed by atoms with Crippen LogP contribution in [0.15, 0.2) is 0 Å².